The first-order chi connectivity index (χ1) is 14.2. The molecule has 2 aromatic carbocycles. The fraction of sp³-hybridized carbons (Fsp3) is 0.0952. The molecule has 1 aliphatic carbocycles. The number of hydrogen-bond donors (Lipinski definition) is 4. The second-order valence-electron chi connectivity index (χ2n) is 6.86. The minimum atomic E-state index is 0.240. The highest BCUT2D eigenvalue weighted by Crippen LogP contribution is 2.43. The van der Waals surface area contributed by atoms with Crippen LogP contribution in [0.2, 0.25) is 5.02 Å². The summed E-state index contributed by atoms with van der Waals surface area (Å²) in [6.45, 7) is 0. The van der Waals surface area contributed by atoms with Crippen molar-refractivity contribution >= 4 is 34.4 Å². The number of anilines is 2. The molecule has 4 aromatic rings. The van der Waals surface area contributed by atoms with Gasteiger partial charge in [-0.15, -0.1) is 0 Å². The van der Waals surface area contributed by atoms with E-state index in [0.717, 1.165) is 46.2 Å². The Kier molecular flexibility index (Phi) is 4.28. The molecule has 5 rings (SSSR count). The van der Waals surface area contributed by atoms with Crippen LogP contribution in [0.5, 0.6) is 0 Å². The number of benzene rings is 2. The molecule has 2 heterocycles. The van der Waals surface area contributed by atoms with Crippen LogP contribution in [0.25, 0.3) is 33.4 Å². The third-order valence-corrected chi connectivity index (χ3v) is 5.51. The molecule has 0 saturated carbocycles. The van der Waals surface area contributed by atoms with E-state index in [4.69, 9.17) is 28.3 Å². The number of nitrogens with two attached hydrogens (primary N) is 2. The number of hydrogen-bond acceptors (Lipinski definition) is 7. The average Bonchev–Trinajstić information content (AvgIpc) is 2.77. The lowest BCUT2D eigenvalue weighted by atomic mass is 9.84. The standard InChI is InChI=1S/C21H18ClN7/c22-13-8-5-12(6-9-13)16-15-10-7-11-3-1-2-4-14(11)18(15)25-19-17(16)20(28-23)27-21(26-19)29-24/h1-6,8-9H,7,10,23-24H2,(H2,25,26,27,28,29). The molecule has 0 unspecified atom stereocenters. The Morgan fingerprint density at radius 3 is 2.41 bits per heavy atom. The van der Waals surface area contributed by atoms with Gasteiger partial charge in [0.25, 0.3) is 0 Å². The summed E-state index contributed by atoms with van der Waals surface area (Å²) in [5, 5.41) is 1.43. The first-order valence-corrected chi connectivity index (χ1v) is 9.59. The second kappa shape index (κ2) is 6.97. The van der Waals surface area contributed by atoms with E-state index in [9.17, 15) is 0 Å². The predicted octanol–water partition coefficient (Wildman–Crippen LogP) is 3.68. The molecule has 0 radical (unpaired) electrons. The monoisotopic (exact) mass is 403 g/mol. The number of aromatic nitrogens is 3. The normalized spacial score (nSPS) is 12.4. The number of nitrogens with one attached hydrogen (secondary N) is 2. The van der Waals surface area contributed by atoms with Gasteiger partial charge in [-0.05, 0) is 41.7 Å². The minimum absolute atomic E-state index is 0.240. The summed E-state index contributed by atoms with van der Waals surface area (Å²) >= 11 is 6.13. The molecule has 144 valence electrons. The van der Waals surface area contributed by atoms with Crippen molar-refractivity contribution in [1.29, 1.82) is 0 Å². The van der Waals surface area contributed by atoms with Gasteiger partial charge < -0.3 is 5.43 Å². The molecule has 8 heteroatoms. The Hall–Kier alpha value is -3.26. The highest BCUT2D eigenvalue weighted by atomic mass is 35.5. The molecule has 0 saturated heterocycles. The van der Waals surface area contributed by atoms with Crippen molar-refractivity contribution in [3.63, 3.8) is 0 Å². The second-order valence-corrected chi connectivity index (χ2v) is 7.30. The summed E-state index contributed by atoms with van der Waals surface area (Å²) in [7, 11) is 0. The first kappa shape index (κ1) is 17.8. The zero-order valence-corrected chi connectivity index (χ0v) is 16.2. The lowest BCUT2D eigenvalue weighted by Gasteiger charge is -2.24. The maximum Gasteiger partial charge on any atom is 0.241 e. The number of pyridine rings is 1. The fourth-order valence-corrected chi connectivity index (χ4v) is 4.13. The zero-order valence-electron chi connectivity index (χ0n) is 15.4. The zero-order chi connectivity index (χ0) is 20.0. The minimum Gasteiger partial charge on any atom is -0.308 e. The molecule has 0 amide bonds. The predicted molar refractivity (Wildman–Crippen MR) is 116 cm³/mol. The third-order valence-electron chi connectivity index (χ3n) is 5.26. The van der Waals surface area contributed by atoms with Gasteiger partial charge in [0.15, 0.2) is 11.5 Å². The molecule has 6 N–H and O–H groups in total. The summed E-state index contributed by atoms with van der Waals surface area (Å²) in [5.41, 5.74) is 12.2. The van der Waals surface area contributed by atoms with Gasteiger partial charge in [-0.25, -0.2) is 16.7 Å². The molecule has 0 spiro atoms. The lowest BCUT2D eigenvalue weighted by Crippen LogP contribution is -2.17. The number of hydrazine groups is 2. The SMILES string of the molecule is NNc1nc(NN)c2c(-c3ccc(Cl)cc3)c3c(nc2n1)-c1ccccc1CC3. The van der Waals surface area contributed by atoms with E-state index in [-0.39, 0.29) is 5.95 Å². The number of rotatable bonds is 3. The van der Waals surface area contributed by atoms with Crippen molar-refractivity contribution in [2.75, 3.05) is 10.9 Å². The van der Waals surface area contributed by atoms with Crippen LogP contribution < -0.4 is 22.5 Å². The van der Waals surface area contributed by atoms with Crippen LogP contribution in [0.1, 0.15) is 11.1 Å². The summed E-state index contributed by atoms with van der Waals surface area (Å²) in [4.78, 5) is 13.8. The van der Waals surface area contributed by atoms with Crippen molar-refractivity contribution in [3.05, 3.63) is 64.7 Å². The summed E-state index contributed by atoms with van der Waals surface area (Å²) < 4.78 is 0. The van der Waals surface area contributed by atoms with Gasteiger partial charge in [0, 0.05) is 16.1 Å². The quantitative estimate of drug-likeness (QED) is 0.304. The van der Waals surface area contributed by atoms with Gasteiger partial charge in [-0.3, -0.25) is 5.43 Å². The van der Waals surface area contributed by atoms with Gasteiger partial charge in [-0.2, -0.15) is 9.97 Å². The molecule has 29 heavy (non-hydrogen) atoms. The Morgan fingerprint density at radius 1 is 0.862 bits per heavy atom. The Labute approximate surface area is 172 Å². The van der Waals surface area contributed by atoms with Gasteiger partial charge in [0.1, 0.15) is 0 Å². The summed E-state index contributed by atoms with van der Waals surface area (Å²) in [5.74, 6) is 12.1. The van der Waals surface area contributed by atoms with Crippen molar-refractivity contribution < 1.29 is 0 Å². The summed E-state index contributed by atoms with van der Waals surface area (Å²) in [6.07, 6.45) is 1.79. The van der Waals surface area contributed by atoms with E-state index in [1.165, 1.54) is 5.56 Å². The number of aryl methyl sites for hydroxylation is 1. The maximum atomic E-state index is 6.13. The van der Waals surface area contributed by atoms with E-state index in [2.05, 4.69) is 39.0 Å². The fourth-order valence-electron chi connectivity index (χ4n) is 4.00. The largest absolute Gasteiger partial charge is 0.308 e. The van der Waals surface area contributed by atoms with Crippen molar-refractivity contribution in [2.45, 2.75) is 12.8 Å². The Morgan fingerprint density at radius 2 is 1.66 bits per heavy atom. The van der Waals surface area contributed by atoms with E-state index in [1.54, 1.807) is 0 Å². The van der Waals surface area contributed by atoms with Gasteiger partial charge in [0.05, 0.1) is 11.1 Å². The van der Waals surface area contributed by atoms with Crippen molar-refractivity contribution in [1.82, 2.24) is 15.0 Å². The van der Waals surface area contributed by atoms with E-state index < -0.39 is 0 Å². The van der Waals surface area contributed by atoms with Crippen LogP contribution >= 0.6 is 11.6 Å². The summed E-state index contributed by atoms with van der Waals surface area (Å²) in [6, 6.07) is 16.1. The molecule has 7 nitrogen and oxygen atoms in total. The molecular formula is C21H18ClN7. The molecular weight excluding hydrogens is 386 g/mol. The third kappa shape index (κ3) is 2.87. The highest BCUT2D eigenvalue weighted by molar-refractivity contribution is 6.30. The number of fused-ring (bicyclic) bond motifs is 4. The van der Waals surface area contributed by atoms with Gasteiger partial charge >= 0.3 is 0 Å². The smallest absolute Gasteiger partial charge is 0.241 e. The highest BCUT2D eigenvalue weighted by Gasteiger charge is 2.25. The van der Waals surface area contributed by atoms with Crippen LogP contribution in [0.3, 0.4) is 0 Å². The van der Waals surface area contributed by atoms with Crippen LogP contribution in [-0.4, -0.2) is 15.0 Å². The first-order valence-electron chi connectivity index (χ1n) is 9.21. The van der Waals surface area contributed by atoms with Crippen LogP contribution in [0, 0.1) is 0 Å². The molecule has 0 atom stereocenters. The molecule has 0 aliphatic heterocycles. The van der Waals surface area contributed by atoms with Gasteiger partial charge in [-0.1, -0.05) is 48.0 Å². The van der Waals surface area contributed by atoms with Crippen LogP contribution in [0.15, 0.2) is 48.5 Å². The van der Waals surface area contributed by atoms with Crippen molar-refractivity contribution in [2.24, 2.45) is 11.7 Å². The number of nitrogen functional groups attached to an aromatic ring is 2. The van der Waals surface area contributed by atoms with E-state index >= 15 is 0 Å². The maximum absolute atomic E-state index is 6.13. The number of halogens is 1. The van der Waals surface area contributed by atoms with E-state index in [1.807, 2.05) is 30.3 Å². The van der Waals surface area contributed by atoms with Crippen molar-refractivity contribution in [3.8, 4) is 22.4 Å². The van der Waals surface area contributed by atoms with Gasteiger partial charge in [0.2, 0.25) is 5.95 Å². The lowest BCUT2D eigenvalue weighted by molar-refractivity contribution is 0.932. The van der Waals surface area contributed by atoms with Crippen LogP contribution in [0.4, 0.5) is 11.8 Å². The van der Waals surface area contributed by atoms with E-state index in [0.29, 0.717) is 16.5 Å². The molecule has 0 fully saturated rings. The topological polar surface area (TPSA) is 115 Å². The molecule has 0 bridgehead atoms. The number of nitrogens with zero attached hydrogens (tertiary/aromatic N) is 3. The van der Waals surface area contributed by atoms with Crippen LogP contribution in [-0.2, 0) is 12.8 Å². The molecule has 1 aliphatic rings. The molecule has 2 aromatic heterocycles. The average molecular weight is 404 g/mol. The Balaban J connectivity index is 1.93. The Bertz CT molecular complexity index is 1240.